The summed E-state index contributed by atoms with van der Waals surface area (Å²) in [6.07, 6.45) is 1.19. The minimum atomic E-state index is -3.16. The van der Waals surface area contributed by atoms with Gasteiger partial charge >= 0.3 is 0 Å². The molecule has 0 heterocycles. The molecule has 0 saturated carbocycles. The Bertz CT molecular complexity index is 697. The molecule has 0 unspecified atom stereocenters. The molecular formula is C13H13BrN2O2S. The predicted octanol–water partition coefficient (Wildman–Crippen LogP) is 3.18. The Morgan fingerprint density at radius 2 is 1.74 bits per heavy atom. The molecule has 2 aromatic rings. The SMILES string of the molecule is CS(=O)(=O)c1ccc(Nc2ccc(N)cc2Br)cc1. The third-order valence-electron chi connectivity index (χ3n) is 2.55. The molecule has 0 fully saturated rings. The summed E-state index contributed by atoms with van der Waals surface area (Å²) < 4.78 is 23.6. The van der Waals surface area contributed by atoms with Gasteiger partial charge in [0.05, 0.1) is 10.6 Å². The van der Waals surface area contributed by atoms with E-state index in [1.165, 1.54) is 6.26 Å². The summed E-state index contributed by atoms with van der Waals surface area (Å²) in [6, 6.07) is 12.0. The minimum absolute atomic E-state index is 0.300. The highest BCUT2D eigenvalue weighted by molar-refractivity contribution is 9.10. The lowest BCUT2D eigenvalue weighted by Crippen LogP contribution is -1.97. The lowest BCUT2D eigenvalue weighted by Gasteiger charge is -2.09. The number of nitrogen functional groups attached to an aromatic ring is 1. The van der Waals surface area contributed by atoms with Crippen LogP contribution in [0.4, 0.5) is 17.1 Å². The number of halogens is 1. The normalized spacial score (nSPS) is 11.3. The maximum absolute atomic E-state index is 11.4. The highest BCUT2D eigenvalue weighted by atomic mass is 79.9. The van der Waals surface area contributed by atoms with Crippen LogP contribution in [-0.2, 0) is 9.84 Å². The first-order chi connectivity index (χ1) is 8.86. The van der Waals surface area contributed by atoms with E-state index in [-0.39, 0.29) is 0 Å². The van der Waals surface area contributed by atoms with Crippen LogP contribution in [0.1, 0.15) is 0 Å². The van der Waals surface area contributed by atoms with E-state index >= 15 is 0 Å². The van der Waals surface area contributed by atoms with E-state index in [0.717, 1.165) is 15.8 Å². The monoisotopic (exact) mass is 340 g/mol. The molecule has 0 aliphatic heterocycles. The molecule has 2 rings (SSSR count). The van der Waals surface area contributed by atoms with E-state index in [0.29, 0.717) is 10.6 Å². The Balaban J connectivity index is 2.25. The van der Waals surface area contributed by atoms with Crippen molar-refractivity contribution < 1.29 is 8.42 Å². The Kier molecular flexibility index (Phi) is 3.82. The van der Waals surface area contributed by atoms with Crippen molar-refractivity contribution in [3.63, 3.8) is 0 Å². The third-order valence-corrected chi connectivity index (χ3v) is 4.34. The van der Waals surface area contributed by atoms with Crippen LogP contribution in [0.25, 0.3) is 0 Å². The first kappa shape index (κ1) is 13.9. The highest BCUT2D eigenvalue weighted by Crippen LogP contribution is 2.28. The minimum Gasteiger partial charge on any atom is -0.399 e. The van der Waals surface area contributed by atoms with E-state index < -0.39 is 9.84 Å². The number of sulfone groups is 1. The predicted molar refractivity (Wildman–Crippen MR) is 81.4 cm³/mol. The molecule has 0 amide bonds. The molecule has 0 spiro atoms. The quantitative estimate of drug-likeness (QED) is 0.841. The zero-order chi connectivity index (χ0) is 14.0. The first-order valence-corrected chi connectivity index (χ1v) is 8.17. The summed E-state index contributed by atoms with van der Waals surface area (Å²) in [5.74, 6) is 0. The summed E-state index contributed by atoms with van der Waals surface area (Å²) in [4.78, 5) is 0.300. The fourth-order valence-electron chi connectivity index (χ4n) is 1.57. The molecule has 0 radical (unpaired) electrons. The van der Waals surface area contributed by atoms with Gasteiger partial charge in [-0.3, -0.25) is 0 Å². The van der Waals surface area contributed by atoms with Crippen LogP contribution >= 0.6 is 15.9 Å². The Hall–Kier alpha value is -1.53. The largest absolute Gasteiger partial charge is 0.399 e. The summed E-state index contributed by atoms with van der Waals surface area (Å²) in [7, 11) is -3.16. The van der Waals surface area contributed by atoms with Crippen LogP contribution in [0.2, 0.25) is 0 Å². The van der Waals surface area contributed by atoms with Gasteiger partial charge in [-0.25, -0.2) is 8.42 Å². The summed E-state index contributed by atoms with van der Waals surface area (Å²) in [5.41, 5.74) is 8.00. The van der Waals surface area contributed by atoms with E-state index in [2.05, 4.69) is 21.2 Å². The number of nitrogens with one attached hydrogen (secondary N) is 1. The number of rotatable bonds is 3. The molecule has 0 aliphatic rings. The van der Waals surface area contributed by atoms with Crippen LogP contribution < -0.4 is 11.1 Å². The van der Waals surface area contributed by atoms with Crippen LogP contribution in [0.5, 0.6) is 0 Å². The van der Waals surface area contributed by atoms with Crippen LogP contribution in [0.3, 0.4) is 0 Å². The zero-order valence-corrected chi connectivity index (χ0v) is 12.6. The molecule has 0 saturated heterocycles. The Morgan fingerprint density at radius 3 is 2.26 bits per heavy atom. The maximum Gasteiger partial charge on any atom is 0.175 e. The fraction of sp³-hybridized carbons (Fsp3) is 0.0769. The van der Waals surface area contributed by atoms with Crippen molar-refractivity contribution in [1.82, 2.24) is 0 Å². The van der Waals surface area contributed by atoms with Crippen molar-refractivity contribution in [3.05, 3.63) is 46.9 Å². The smallest absolute Gasteiger partial charge is 0.175 e. The van der Waals surface area contributed by atoms with Gasteiger partial charge in [-0.05, 0) is 58.4 Å². The number of anilines is 3. The van der Waals surface area contributed by atoms with Gasteiger partial charge in [-0.2, -0.15) is 0 Å². The van der Waals surface area contributed by atoms with Gasteiger partial charge in [-0.1, -0.05) is 0 Å². The first-order valence-electron chi connectivity index (χ1n) is 5.48. The van der Waals surface area contributed by atoms with Crippen molar-refractivity contribution in [3.8, 4) is 0 Å². The molecule has 4 nitrogen and oxygen atoms in total. The highest BCUT2D eigenvalue weighted by Gasteiger charge is 2.06. The average Bonchev–Trinajstić information content (AvgIpc) is 2.32. The lowest BCUT2D eigenvalue weighted by molar-refractivity contribution is 0.602. The van der Waals surface area contributed by atoms with E-state index in [1.807, 2.05) is 6.07 Å². The van der Waals surface area contributed by atoms with E-state index in [4.69, 9.17) is 5.73 Å². The van der Waals surface area contributed by atoms with Gasteiger partial charge in [0.1, 0.15) is 0 Å². The molecule has 19 heavy (non-hydrogen) atoms. The van der Waals surface area contributed by atoms with Gasteiger partial charge in [0.2, 0.25) is 0 Å². The van der Waals surface area contributed by atoms with Crippen molar-refractivity contribution in [1.29, 1.82) is 0 Å². The molecule has 0 bridgehead atoms. The maximum atomic E-state index is 11.4. The van der Waals surface area contributed by atoms with Gasteiger partial charge in [0, 0.05) is 22.1 Å². The second-order valence-corrected chi connectivity index (χ2v) is 7.03. The molecule has 0 aromatic heterocycles. The number of hydrogen-bond donors (Lipinski definition) is 2. The second-order valence-electron chi connectivity index (χ2n) is 4.16. The molecule has 6 heteroatoms. The third kappa shape index (κ3) is 3.48. The van der Waals surface area contributed by atoms with Crippen molar-refractivity contribution >= 4 is 42.8 Å². The molecule has 0 aliphatic carbocycles. The van der Waals surface area contributed by atoms with Gasteiger partial charge < -0.3 is 11.1 Å². The summed E-state index contributed by atoms with van der Waals surface area (Å²) in [6.45, 7) is 0. The van der Waals surface area contributed by atoms with Crippen LogP contribution in [0, 0.1) is 0 Å². The average molecular weight is 341 g/mol. The number of nitrogens with two attached hydrogens (primary N) is 1. The van der Waals surface area contributed by atoms with Crippen molar-refractivity contribution in [2.45, 2.75) is 4.90 Å². The molecule has 100 valence electrons. The molecular weight excluding hydrogens is 328 g/mol. The number of hydrogen-bond acceptors (Lipinski definition) is 4. The molecule has 3 N–H and O–H groups in total. The van der Waals surface area contributed by atoms with Crippen molar-refractivity contribution in [2.75, 3.05) is 17.3 Å². The summed E-state index contributed by atoms with van der Waals surface area (Å²) >= 11 is 3.41. The van der Waals surface area contributed by atoms with Gasteiger partial charge in [-0.15, -0.1) is 0 Å². The summed E-state index contributed by atoms with van der Waals surface area (Å²) in [5, 5.41) is 3.18. The fourth-order valence-corrected chi connectivity index (χ4v) is 2.70. The zero-order valence-electron chi connectivity index (χ0n) is 10.2. The molecule has 0 atom stereocenters. The van der Waals surface area contributed by atoms with Crippen molar-refractivity contribution in [2.24, 2.45) is 0 Å². The van der Waals surface area contributed by atoms with E-state index in [1.54, 1.807) is 36.4 Å². The lowest BCUT2D eigenvalue weighted by atomic mass is 10.2. The Labute approximate surface area is 120 Å². The van der Waals surface area contributed by atoms with Gasteiger partial charge in [0.25, 0.3) is 0 Å². The Morgan fingerprint density at radius 1 is 1.11 bits per heavy atom. The standard InChI is InChI=1S/C13H13BrN2O2S/c1-19(17,18)11-5-3-10(4-6-11)16-13-7-2-9(15)8-12(13)14/h2-8,16H,15H2,1H3. The van der Waals surface area contributed by atoms with Crippen LogP contribution in [0.15, 0.2) is 51.8 Å². The molecule has 2 aromatic carbocycles. The van der Waals surface area contributed by atoms with Crippen LogP contribution in [-0.4, -0.2) is 14.7 Å². The number of benzene rings is 2. The van der Waals surface area contributed by atoms with Gasteiger partial charge in [0.15, 0.2) is 9.84 Å². The van der Waals surface area contributed by atoms with E-state index in [9.17, 15) is 8.42 Å². The second kappa shape index (κ2) is 5.22. The topological polar surface area (TPSA) is 72.2 Å².